The van der Waals surface area contributed by atoms with E-state index < -0.39 is 10.0 Å². The van der Waals surface area contributed by atoms with Crippen molar-refractivity contribution in [2.24, 2.45) is 0 Å². The molecule has 132 valence electrons. The number of halogens is 1. The van der Waals surface area contributed by atoms with Crippen molar-refractivity contribution in [3.8, 4) is 0 Å². The van der Waals surface area contributed by atoms with Crippen LogP contribution in [0.2, 0.25) is 4.34 Å². The van der Waals surface area contributed by atoms with E-state index in [1.54, 1.807) is 23.1 Å². The van der Waals surface area contributed by atoms with Crippen LogP contribution in [0.15, 0.2) is 22.7 Å². The first kappa shape index (κ1) is 18.0. The van der Waals surface area contributed by atoms with Gasteiger partial charge in [0.2, 0.25) is 4.77 Å². The minimum absolute atomic E-state index is 0.305. The molecule has 0 aromatic carbocycles. The van der Waals surface area contributed by atoms with Crippen molar-refractivity contribution in [2.45, 2.75) is 24.3 Å². The van der Waals surface area contributed by atoms with E-state index in [9.17, 15) is 8.42 Å². The molecule has 0 amide bonds. The molecule has 1 saturated heterocycles. The van der Waals surface area contributed by atoms with Crippen molar-refractivity contribution in [2.75, 3.05) is 26.2 Å². The molecule has 2 aromatic heterocycles. The lowest BCUT2D eigenvalue weighted by molar-refractivity contribution is -0.926. The smallest absolute Gasteiger partial charge is 0.253 e. The van der Waals surface area contributed by atoms with Gasteiger partial charge in [0.15, 0.2) is 6.67 Å². The molecule has 7 nitrogen and oxygen atoms in total. The molecular weight excluding hydrogens is 390 g/mol. The number of nitrogens with zero attached hydrogens (tertiary/aromatic N) is 4. The van der Waals surface area contributed by atoms with Crippen LogP contribution in [0.4, 0.5) is 0 Å². The highest BCUT2D eigenvalue weighted by Gasteiger charge is 2.31. The lowest BCUT2D eigenvalue weighted by Gasteiger charge is -2.30. The zero-order valence-corrected chi connectivity index (χ0v) is 16.4. The van der Waals surface area contributed by atoms with Crippen LogP contribution in [0, 0.1) is 4.77 Å². The number of thiophene rings is 1. The van der Waals surface area contributed by atoms with Crippen LogP contribution in [0.3, 0.4) is 0 Å². The van der Waals surface area contributed by atoms with Crippen LogP contribution in [0.25, 0.3) is 0 Å². The maximum Gasteiger partial charge on any atom is 0.253 e. The zero-order valence-electron chi connectivity index (χ0n) is 13.2. The Balaban J connectivity index is 1.63. The molecule has 0 saturated carbocycles. The molecule has 1 fully saturated rings. The molecule has 3 rings (SSSR count). The van der Waals surface area contributed by atoms with Crippen molar-refractivity contribution < 1.29 is 13.3 Å². The van der Waals surface area contributed by atoms with Crippen LogP contribution in [0.1, 0.15) is 6.92 Å². The molecule has 0 spiro atoms. The second-order valence-corrected chi connectivity index (χ2v) is 9.81. The van der Waals surface area contributed by atoms with Crippen LogP contribution in [-0.4, -0.2) is 53.2 Å². The van der Waals surface area contributed by atoms with Crippen LogP contribution in [-0.2, 0) is 23.2 Å². The lowest BCUT2D eigenvalue weighted by atomic mass is 10.4. The second-order valence-electron chi connectivity index (χ2n) is 5.57. The molecular formula is C13H19ClN5O2S3+. The number of rotatable bonds is 5. The number of aryl methyl sites for hydroxylation is 1. The standard InChI is InChI=1S/C13H18ClN5O2S3/c1-2-17-9-15-19(13(17)22)10-16-5-7-18(8-6-16)24(20,21)12-4-3-11(14)23-12/h3-4,9H,2,5-8,10H2,1H3/p+1. The van der Waals surface area contributed by atoms with Gasteiger partial charge in [0.1, 0.15) is 10.5 Å². The molecule has 2 aromatic rings. The summed E-state index contributed by atoms with van der Waals surface area (Å²) in [5.41, 5.74) is 0. The zero-order chi connectivity index (χ0) is 17.3. The summed E-state index contributed by atoms with van der Waals surface area (Å²) in [5, 5.41) is 4.31. The number of nitrogens with one attached hydrogen (secondary N) is 1. The first-order chi connectivity index (χ1) is 11.4. The Morgan fingerprint density at radius 3 is 2.62 bits per heavy atom. The predicted octanol–water partition coefficient (Wildman–Crippen LogP) is 0.696. The van der Waals surface area contributed by atoms with Gasteiger partial charge in [-0.3, -0.25) is 0 Å². The lowest BCUT2D eigenvalue weighted by Crippen LogP contribution is -3.14. The van der Waals surface area contributed by atoms with Gasteiger partial charge in [-0.2, -0.15) is 14.1 Å². The normalized spacial score (nSPS) is 17.4. The van der Waals surface area contributed by atoms with Gasteiger partial charge in [-0.15, -0.1) is 11.3 Å². The third kappa shape index (κ3) is 3.58. The van der Waals surface area contributed by atoms with E-state index in [1.807, 2.05) is 11.5 Å². The summed E-state index contributed by atoms with van der Waals surface area (Å²) < 4.78 is 31.9. The van der Waals surface area contributed by atoms with Crippen molar-refractivity contribution in [1.82, 2.24) is 18.7 Å². The summed E-state index contributed by atoms with van der Waals surface area (Å²) in [7, 11) is -3.44. The van der Waals surface area contributed by atoms with E-state index in [0.717, 1.165) is 31.0 Å². The number of hydrogen-bond acceptors (Lipinski definition) is 5. The summed E-state index contributed by atoms with van der Waals surface area (Å²) >= 11 is 12.3. The summed E-state index contributed by atoms with van der Waals surface area (Å²) in [4.78, 5) is 1.27. The first-order valence-corrected chi connectivity index (χ1v) is 10.7. The number of quaternary nitrogens is 1. The average Bonchev–Trinajstić information content (AvgIpc) is 3.15. The van der Waals surface area contributed by atoms with E-state index in [1.165, 1.54) is 9.21 Å². The molecule has 0 radical (unpaired) electrons. The van der Waals surface area contributed by atoms with Crippen molar-refractivity contribution in [3.05, 3.63) is 27.6 Å². The van der Waals surface area contributed by atoms with Gasteiger partial charge >= 0.3 is 0 Å². The van der Waals surface area contributed by atoms with Crippen LogP contribution in [0.5, 0.6) is 0 Å². The van der Waals surface area contributed by atoms with Gasteiger partial charge in [-0.05, 0) is 31.3 Å². The third-order valence-electron chi connectivity index (χ3n) is 4.08. The molecule has 1 N–H and O–H groups in total. The number of hydrogen-bond donors (Lipinski definition) is 1. The van der Waals surface area contributed by atoms with Crippen molar-refractivity contribution >= 4 is 45.2 Å². The fraction of sp³-hybridized carbons (Fsp3) is 0.538. The molecule has 11 heteroatoms. The number of aromatic nitrogens is 3. The summed E-state index contributed by atoms with van der Waals surface area (Å²) in [5.74, 6) is 0. The molecule has 0 aliphatic carbocycles. The van der Waals surface area contributed by atoms with E-state index in [0.29, 0.717) is 33.1 Å². The highest BCUT2D eigenvalue weighted by atomic mass is 35.5. The molecule has 1 aliphatic rings. The summed E-state index contributed by atoms with van der Waals surface area (Å²) in [6.45, 7) is 5.88. The maximum atomic E-state index is 12.6. The highest BCUT2D eigenvalue weighted by Crippen LogP contribution is 2.27. The summed E-state index contributed by atoms with van der Waals surface area (Å²) in [6, 6.07) is 3.19. The Labute approximate surface area is 155 Å². The molecule has 0 unspecified atom stereocenters. The Bertz CT molecular complexity index is 864. The Hall–Kier alpha value is -0.780. The summed E-state index contributed by atoms with van der Waals surface area (Å²) in [6.07, 6.45) is 1.74. The largest absolute Gasteiger partial charge is 0.314 e. The first-order valence-electron chi connectivity index (χ1n) is 7.63. The topological polar surface area (TPSA) is 64.6 Å². The fourth-order valence-corrected chi connectivity index (χ4v) is 6.04. The Morgan fingerprint density at radius 1 is 1.38 bits per heavy atom. The van der Waals surface area contributed by atoms with E-state index in [4.69, 9.17) is 23.8 Å². The van der Waals surface area contributed by atoms with Gasteiger partial charge in [0.25, 0.3) is 10.0 Å². The minimum Gasteiger partial charge on any atom is -0.314 e. The fourth-order valence-electron chi connectivity index (χ4n) is 2.67. The SMILES string of the molecule is CCn1cnn(C[NH+]2CCN(S(=O)(=O)c3ccc(Cl)s3)CC2)c1=S. The molecule has 0 bridgehead atoms. The van der Waals surface area contributed by atoms with E-state index in [2.05, 4.69) is 5.10 Å². The molecule has 1 aliphatic heterocycles. The number of sulfonamides is 1. The van der Waals surface area contributed by atoms with Crippen LogP contribution >= 0.6 is 35.2 Å². The van der Waals surface area contributed by atoms with Gasteiger partial charge in [-0.25, -0.2) is 8.42 Å². The average molecular weight is 409 g/mol. The van der Waals surface area contributed by atoms with Crippen LogP contribution < -0.4 is 4.90 Å². The maximum absolute atomic E-state index is 12.6. The van der Waals surface area contributed by atoms with Crippen molar-refractivity contribution in [1.29, 1.82) is 0 Å². The van der Waals surface area contributed by atoms with Gasteiger partial charge < -0.3 is 9.47 Å². The van der Waals surface area contributed by atoms with E-state index >= 15 is 0 Å². The molecule has 0 atom stereocenters. The highest BCUT2D eigenvalue weighted by molar-refractivity contribution is 7.91. The number of piperazine rings is 1. The van der Waals surface area contributed by atoms with Gasteiger partial charge in [0.05, 0.1) is 30.5 Å². The van der Waals surface area contributed by atoms with Gasteiger partial charge in [-0.1, -0.05) is 11.6 Å². The van der Waals surface area contributed by atoms with E-state index in [-0.39, 0.29) is 0 Å². The Kier molecular flexibility index (Phi) is 5.42. The van der Waals surface area contributed by atoms with Crippen molar-refractivity contribution in [3.63, 3.8) is 0 Å². The second kappa shape index (κ2) is 7.22. The third-order valence-corrected chi connectivity index (χ3v) is 8.13. The quantitative estimate of drug-likeness (QED) is 0.739. The monoisotopic (exact) mass is 408 g/mol. The molecule has 24 heavy (non-hydrogen) atoms. The van der Waals surface area contributed by atoms with Gasteiger partial charge in [0, 0.05) is 6.54 Å². The molecule has 3 heterocycles. The minimum atomic E-state index is -3.44. The Morgan fingerprint density at radius 2 is 2.08 bits per heavy atom. The predicted molar refractivity (Wildman–Crippen MR) is 95.5 cm³/mol.